The number of thioether (sulfide) groups is 1. The number of nitrogens with one attached hydrogen (secondary N) is 1. The summed E-state index contributed by atoms with van der Waals surface area (Å²) < 4.78 is 5.99. The van der Waals surface area contributed by atoms with Crippen LogP contribution in [0.15, 0.2) is 22.5 Å². The molecule has 0 radical (unpaired) electrons. The lowest BCUT2D eigenvalue weighted by Crippen LogP contribution is -2.40. The van der Waals surface area contributed by atoms with Gasteiger partial charge in [-0.15, -0.1) is 10.2 Å². The van der Waals surface area contributed by atoms with Crippen LogP contribution in [0.1, 0.15) is 22.8 Å². The van der Waals surface area contributed by atoms with E-state index >= 15 is 0 Å². The molecular weight excluding hydrogens is 353 g/mol. The van der Waals surface area contributed by atoms with Crippen molar-refractivity contribution in [1.82, 2.24) is 10.2 Å². The Kier molecular flexibility index (Phi) is 4.74. The molecule has 3 rings (SSSR count). The van der Waals surface area contributed by atoms with Crippen molar-refractivity contribution >= 4 is 47.2 Å². The van der Waals surface area contributed by atoms with Crippen molar-refractivity contribution in [3.05, 3.63) is 29.3 Å². The fraction of sp³-hybridized carbons (Fsp3) is 0.231. The van der Waals surface area contributed by atoms with Gasteiger partial charge in [0.1, 0.15) is 5.75 Å². The van der Waals surface area contributed by atoms with E-state index in [1.54, 1.807) is 12.1 Å². The minimum atomic E-state index is -1.17. The van der Waals surface area contributed by atoms with E-state index in [1.165, 1.54) is 36.1 Å². The second-order valence-electron chi connectivity index (χ2n) is 5.02. The van der Waals surface area contributed by atoms with Crippen molar-refractivity contribution in [2.45, 2.75) is 22.8 Å². The largest absolute Gasteiger partial charge is 0.537 e. The molecule has 3 N–H and O–H groups in total. The topological polar surface area (TPSA) is 122 Å². The molecule has 11 heteroatoms. The summed E-state index contributed by atoms with van der Waals surface area (Å²) in [5.41, 5.74) is 0.739. The molecule has 1 amide bonds. The van der Waals surface area contributed by atoms with Crippen LogP contribution in [0.3, 0.4) is 0 Å². The van der Waals surface area contributed by atoms with Crippen LogP contribution in [0.25, 0.3) is 0 Å². The molecule has 1 aliphatic heterocycles. The Morgan fingerprint density at radius 2 is 2.25 bits per heavy atom. The predicted molar refractivity (Wildman–Crippen MR) is 89.6 cm³/mol. The average Bonchev–Trinajstić information content (AvgIpc) is 2.93. The third-order valence-corrected chi connectivity index (χ3v) is 5.40. The smallest absolute Gasteiger partial charge is 0.535 e. The zero-order valence-electron chi connectivity index (χ0n) is 12.4. The first-order valence-corrected chi connectivity index (χ1v) is 8.61. The summed E-state index contributed by atoms with van der Waals surface area (Å²) in [4.78, 5) is 22.2. The lowest BCUT2D eigenvalue weighted by molar-refractivity contribution is -0.114. The van der Waals surface area contributed by atoms with Crippen LogP contribution < -0.4 is 9.97 Å². The summed E-state index contributed by atoms with van der Waals surface area (Å²) in [5.74, 6) is -1.14. The van der Waals surface area contributed by atoms with E-state index < -0.39 is 13.1 Å². The van der Waals surface area contributed by atoms with E-state index in [9.17, 15) is 19.7 Å². The standard InChI is InChI=1S/C13H12BN3O5S2/c1-6(18)15-12-16-17-13(24-12)23-9-5-7-3-2-4-8(11(19)20)10(7)22-14(9)21/h2-4,9,21H,5H2,1H3,(H,19,20)(H,15,16,18). The van der Waals surface area contributed by atoms with E-state index in [0.29, 0.717) is 21.5 Å². The number of benzene rings is 1. The maximum Gasteiger partial charge on any atom is 0.537 e. The molecule has 124 valence electrons. The van der Waals surface area contributed by atoms with Crippen LogP contribution in [0.2, 0.25) is 0 Å². The van der Waals surface area contributed by atoms with Gasteiger partial charge in [-0.05, 0) is 18.1 Å². The van der Waals surface area contributed by atoms with Gasteiger partial charge in [-0.2, -0.15) is 0 Å². The molecule has 1 unspecified atom stereocenters. The van der Waals surface area contributed by atoms with E-state index in [0.717, 1.165) is 0 Å². The van der Waals surface area contributed by atoms with Gasteiger partial charge in [0.2, 0.25) is 11.0 Å². The highest BCUT2D eigenvalue weighted by Crippen LogP contribution is 2.37. The van der Waals surface area contributed by atoms with Crippen LogP contribution in [0.4, 0.5) is 5.13 Å². The maximum atomic E-state index is 11.2. The Balaban J connectivity index is 1.77. The highest BCUT2D eigenvalue weighted by molar-refractivity contribution is 8.02. The van der Waals surface area contributed by atoms with Crippen molar-refractivity contribution in [1.29, 1.82) is 0 Å². The predicted octanol–water partition coefficient (Wildman–Crippen LogP) is 1.31. The fourth-order valence-electron chi connectivity index (χ4n) is 2.26. The summed E-state index contributed by atoms with van der Waals surface area (Å²) in [7, 11) is -1.17. The second-order valence-corrected chi connectivity index (χ2v) is 7.49. The number of fused-ring (bicyclic) bond motifs is 1. The summed E-state index contributed by atoms with van der Waals surface area (Å²) >= 11 is 2.46. The lowest BCUT2D eigenvalue weighted by atomic mass is 9.77. The minimum absolute atomic E-state index is 0.0267. The number of nitrogens with zero attached hydrogens (tertiary/aromatic N) is 2. The Morgan fingerprint density at radius 3 is 2.96 bits per heavy atom. The number of anilines is 1. The number of carbonyl (C=O) groups is 2. The minimum Gasteiger partial charge on any atom is -0.535 e. The van der Waals surface area contributed by atoms with Gasteiger partial charge in [-0.1, -0.05) is 35.2 Å². The van der Waals surface area contributed by atoms with Gasteiger partial charge in [0, 0.05) is 6.92 Å². The number of amides is 1. The number of aromatic nitrogens is 2. The molecule has 0 fully saturated rings. The van der Waals surface area contributed by atoms with Crippen molar-refractivity contribution in [3.8, 4) is 5.75 Å². The molecule has 1 atom stereocenters. The molecule has 0 spiro atoms. The number of hydrogen-bond acceptors (Lipinski definition) is 8. The number of carboxylic acid groups (broad SMARTS) is 1. The Hall–Kier alpha value is -2.11. The molecule has 2 heterocycles. The first-order chi connectivity index (χ1) is 11.4. The molecule has 1 aromatic heterocycles. The normalized spacial score (nSPS) is 16.2. The van der Waals surface area contributed by atoms with Crippen LogP contribution in [-0.4, -0.2) is 44.5 Å². The quantitative estimate of drug-likeness (QED) is 0.548. The monoisotopic (exact) mass is 365 g/mol. The van der Waals surface area contributed by atoms with Crippen LogP contribution in [0.5, 0.6) is 5.75 Å². The number of hydrogen-bond donors (Lipinski definition) is 3. The highest BCUT2D eigenvalue weighted by Gasteiger charge is 2.38. The van der Waals surface area contributed by atoms with Gasteiger partial charge >= 0.3 is 13.1 Å². The lowest BCUT2D eigenvalue weighted by Gasteiger charge is -2.27. The SMILES string of the molecule is CC(=O)Nc1nnc(SC2Cc3cccc(C(=O)O)c3OB2O)s1. The first-order valence-electron chi connectivity index (χ1n) is 6.91. The third-order valence-electron chi connectivity index (χ3n) is 3.25. The third kappa shape index (κ3) is 3.52. The molecule has 0 aliphatic carbocycles. The van der Waals surface area contributed by atoms with Gasteiger partial charge in [0.05, 0.1) is 10.7 Å². The molecule has 0 saturated carbocycles. The molecule has 2 aromatic rings. The number of rotatable bonds is 4. The van der Waals surface area contributed by atoms with Crippen molar-refractivity contribution < 1.29 is 24.4 Å². The number of para-hydroxylation sites is 1. The first kappa shape index (κ1) is 16.7. The molecule has 1 aliphatic rings. The van der Waals surface area contributed by atoms with Gasteiger partial charge in [0.15, 0.2) is 4.34 Å². The summed E-state index contributed by atoms with van der Waals surface area (Å²) in [6.07, 6.45) is 0.428. The van der Waals surface area contributed by atoms with E-state index in [2.05, 4.69) is 15.5 Å². The van der Waals surface area contributed by atoms with Gasteiger partial charge < -0.3 is 20.1 Å². The van der Waals surface area contributed by atoms with E-state index in [1.807, 2.05) is 0 Å². The molecule has 8 nitrogen and oxygen atoms in total. The maximum absolute atomic E-state index is 11.2. The van der Waals surface area contributed by atoms with Gasteiger partial charge in [0.25, 0.3) is 0 Å². The Bertz CT molecular complexity index is 800. The molecular formula is C13H12BN3O5S2. The van der Waals surface area contributed by atoms with Crippen LogP contribution in [-0.2, 0) is 11.2 Å². The Labute approximate surface area is 145 Å². The Morgan fingerprint density at radius 1 is 1.46 bits per heavy atom. The molecule has 1 aromatic carbocycles. The highest BCUT2D eigenvalue weighted by atomic mass is 32.2. The zero-order valence-corrected chi connectivity index (χ0v) is 14.1. The summed E-state index contributed by atoms with van der Waals surface area (Å²) in [6, 6.07) is 4.85. The van der Waals surface area contributed by atoms with E-state index in [-0.39, 0.29) is 22.4 Å². The number of aromatic carboxylic acids is 1. The van der Waals surface area contributed by atoms with E-state index in [4.69, 9.17) is 4.65 Å². The van der Waals surface area contributed by atoms with Gasteiger partial charge in [-0.25, -0.2) is 4.79 Å². The van der Waals surface area contributed by atoms with Crippen LogP contribution >= 0.6 is 23.1 Å². The fourth-order valence-corrected chi connectivity index (χ4v) is 4.36. The molecule has 24 heavy (non-hydrogen) atoms. The van der Waals surface area contributed by atoms with Crippen molar-refractivity contribution in [2.75, 3.05) is 5.32 Å². The second kappa shape index (κ2) is 6.79. The average molecular weight is 365 g/mol. The summed E-state index contributed by atoms with van der Waals surface area (Å²) in [6.45, 7) is 1.38. The molecule has 0 saturated heterocycles. The number of carboxylic acids is 1. The zero-order chi connectivity index (χ0) is 17.3. The molecule has 0 bridgehead atoms. The van der Waals surface area contributed by atoms with Gasteiger partial charge in [-0.3, -0.25) is 4.79 Å². The van der Waals surface area contributed by atoms with Crippen LogP contribution in [0, 0.1) is 0 Å². The van der Waals surface area contributed by atoms with Crippen molar-refractivity contribution in [3.63, 3.8) is 0 Å². The van der Waals surface area contributed by atoms with Crippen molar-refractivity contribution in [2.24, 2.45) is 0 Å². The number of carbonyl (C=O) groups excluding carboxylic acids is 1. The summed E-state index contributed by atoms with van der Waals surface area (Å²) in [5, 5.41) is 29.7.